The first-order chi connectivity index (χ1) is 4.81. The fraction of sp³-hybridized carbons (Fsp3) is 1.00. The quantitative estimate of drug-likeness (QED) is 0.549. The molecule has 0 spiro atoms. The van der Waals surface area contributed by atoms with Gasteiger partial charge in [0.05, 0.1) is 6.10 Å². The SMILES string of the molecule is CCCCNC[C@H](O)CC. The highest BCUT2D eigenvalue weighted by atomic mass is 16.3. The van der Waals surface area contributed by atoms with Gasteiger partial charge in [0, 0.05) is 6.54 Å². The van der Waals surface area contributed by atoms with Gasteiger partial charge in [0.1, 0.15) is 0 Å². The van der Waals surface area contributed by atoms with Crippen molar-refractivity contribution in [3.63, 3.8) is 0 Å². The Balaban J connectivity index is 2.89. The van der Waals surface area contributed by atoms with E-state index in [4.69, 9.17) is 5.11 Å². The normalized spacial score (nSPS) is 13.5. The molecule has 10 heavy (non-hydrogen) atoms. The molecule has 0 radical (unpaired) electrons. The number of hydrogen-bond donors (Lipinski definition) is 2. The van der Waals surface area contributed by atoms with Crippen LogP contribution < -0.4 is 5.32 Å². The Morgan fingerprint density at radius 2 is 2.10 bits per heavy atom. The number of rotatable bonds is 6. The Kier molecular flexibility index (Phi) is 6.98. The zero-order valence-corrected chi connectivity index (χ0v) is 7.06. The fourth-order valence-corrected chi connectivity index (χ4v) is 0.715. The van der Waals surface area contributed by atoms with Crippen LogP contribution in [0.15, 0.2) is 0 Å². The van der Waals surface area contributed by atoms with E-state index in [0.29, 0.717) is 0 Å². The molecule has 2 heteroatoms. The third-order valence-corrected chi connectivity index (χ3v) is 1.56. The summed E-state index contributed by atoms with van der Waals surface area (Å²) in [7, 11) is 0. The first-order valence-electron chi connectivity index (χ1n) is 4.20. The predicted octanol–water partition coefficient (Wildman–Crippen LogP) is 1.15. The van der Waals surface area contributed by atoms with Crippen LogP contribution in [0.25, 0.3) is 0 Å². The van der Waals surface area contributed by atoms with Crippen molar-refractivity contribution in [3.05, 3.63) is 0 Å². The van der Waals surface area contributed by atoms with Gasteiger partial charge in [-0.05, 0) is 19.4 Å². The molecule has 0 aliphatic heterocycles. The minimum atomic E-state index is -0.156. The zero-order valence-electron chi connectivity index (χ0n) is 7.06. The monoisotopic (exact) mass is 145 g/mol. The summed E-state index contributed by atoms with van der Waals surface area (Å²) in [5.74, 6) is 0. The second kappa shape index (κ2) is 7.03. The zero-order chi connectivity index (χ0) is 7.82. The summed E-state index contributed by atoms with van der Waals surface area (Å²) in [6.45, 7) is 5.94. The van der Waals surface area contributed by atoms with Gasteiger partial charge in [-0.1, -0.05) is 20.3 Å². The molecule has 62 valence electrons. The summed E-state index contributed by atoms with van der Waals surface area (Å²) in [6, 6.07) is 0. The van der Waals surface area contributed by atoms with E-state index < -0.39 is 0 Å². The number of nitrogens with one attached hydrogen (secondary N) is 1. The van der Waals surface area contributed by atoms with Crippen LogP contribution in [0, 0.1) is 0 Å². The second-order valence-corrected chi connectivity index (χ2v) is 2.62. The summed E-state index contributed by atoms with van der Waals surface area (Å²) in [5, 5.41) is 12.3. The van der Waals surface area contributed by atoms with Gasteiger partial charge in [-0.25, -0.2) is 0 Å². The molecule has 0 unspecified atom stereocenters. The lowest BCUT2D eigenvalue weighted by Gasteiger charge is -2.07. The molecule has 0 aromatic rings. The Morgan fingerprint density at radius 1 is 1.40 bits per heavy atom. The van der Waals surface area contributed by atoms with Crippen molar-refractivity contribution >= 4 is 0 Å². The van der Waals surface area contributed by atoms with Crippen molar-refractivity contribution in [2.45, 2.75) is 39.2 Å². The van der Waals surface area contributed by atoms with Gasteiger partial charge in [-0.15, -0.1) is 0 Å². The van der Waals surface area contributed by atoms with Crippen LogP contribution in [0.5, 0.6) is 0 Å². The number of hydrogen-bond acceptors (Lipinski definition) is 2. The fourth-order valence-electron chi connectivity index (χ4n) is 0.715. The molecule has 0 aliphatic carbocycles. The molecule has 0 aromatic carbocycles. The van der Waals surface area contributed by atoms with Crippen LogP contribution in [0.4, 0.5) is 0 Å². The molecule has 2 nitrogen and oxygen atoms in total. The van der Waals surface area contributed by atoms with Crippen molar-refractivity contribution in [1.29, 1.82) is 0 Å². The van der Waals surface area contributed by atoms with Gasteiger partial charge in [-0.2, -0.15) is 0 Å². The topological polar surface area (TPSA) is 32.3 Å². The highest BCUT2D eigenvalue weighted by molar-refractivity contribution is 4.55. The highest BCUT2D eigenvalue weighted by Crippen LogP contribution is 1.87. The summed E-state index contributed by atoms with van der Waals surface area (Å²) in [5.41, 5.74) is 0. The van der Waals surface area contributed by atoms with E-state index in [0.717, 1.165) is 19.5 Å². The predicted molar refractivity (Wildman–Crippen MR) is 44.1 cm³/mol. The van der Waals surface area contributed by atoms with Crippen LogP contribution in [0.2, 0.25) is 0 Å². The maximum absolute atomic E-state index is 9.09. The Hall–Kier alpha value is -0.0800. The van der Waals surface area contributed by atoms with Crippen molar-refractivity contribution in [2.75, 3.05) is 13.1 Å². The average molecular weight is 145 g/mol. The van der Waals surface area contributed by atoms with E-state index in [1.54, 1.807) is 0 Å². The van der Waals surface area contributed by atoms with Gasteiger partial charge < -0.3 is 10.4 Å². The lowest BCUT2D eigenvalue weighted by Crippen LogP contribution is -2.26. The van der Waals surface area contributed by atoms with E-state index in [2.05, 4.69) is 12.2 Å². The molecule has 0 fully saturated rings. The van der Waals surface area contributed by atoms with Gasteiger partial charge in [-0.3, -0.25) is 0 Å². The smallest absolute Gasteiger partial charge is 0.0662 e. The average Bonchev–Trinajstić information content (AvgIpc) is 1.98. The molecule has 0 heterocycles. The van der Waals surface area contributed by atoms with Crippen LogP contribution in [0.1, 0.15) is 33.1 Å². The lowest BCUT2D eigenvalue weighted by atomic mass is 10.2. The standard InChI is InChI=1S/C8H19NO/c1-3-5-6-9-7-8(10)4-2/h8-10H,3-7H2,1-2H3/t8-/m1/s1. The highest BCUT2D eigenvalue weighted by Gasteiger charge is 1.96. The molecule has 0 saturated heterocycles. The molecular weight excluding hydrogens is 126 g/mol. The molecule has 0 rings (SSSR count). The summed E-state index contributed by atoms with van der Waals surface area (Å²) in [6.07, 6.45) is 3.11. The van der Waals surface area contributed by atoms with Crippen LogP contribution in [0.3, 0.4) is 0 Å². The molecule has 0 saturated carbocycles. The van der Waals surface area contributed by atoms with Crippen molar-refractivity contribution < 1.29 is 5.11 Å². The third kappa shape index (κ3) is 6.05. The Morgan fingerprint density at radius 3 is 2.60 bits per heavy atom. The van der Waals surface area contributed by atoms with Crippen LogP contribution in [-0.2, 0) is 0 Å². The minimum absolute atomic E-state index is 0.156. The lowest BCUT2D eigenvalue weighted by molar-refractivity contribution is 0.167. The maximum Gasteiger partial charge on any atom is 0.0662 e. The van der Waals surface area contributed by atoms with Crippen molar-refractivity contribution in [1.82, 2.24) is 5.32 Å². The first kappa shape index (κ1) is 9.92. The molecule has 0 bridgehead atoms. The van der Waals surface area contributed by atoms with E-state index >= 15 is 0 Å². The number of aliphatic hydroxyl groups excluding tert-OH is 1. The van der Waals surface area contributed by atoms with Crippen LogP contribution >= 0.6 is 0 Å². The number of unbranched alkanes of at least 4 members (excludes halogenated alkanes) is 1. The van der Waals surface area contributed by atoms with Gasteiger partial charge in [0.2, 0.25) is 0 Å². The molecule has 2 N–H and O–H groups in total. The molecule has 0 aromatic heterocycles. The van der Waals surface area contributed by atoms with Crippen molar-refractivity contribution in [3.8, 4) is 0 Å². The molecule has 1 atom stereocenters. The van der Waals surface area contributed by atoms with E-state index in [-0.39, 0.29) is 6.10 Å². The van der Waals surface area contributed by atoms with Crippen LogP contribution in [-0.4, -0.2) is 24.3 Å². The second-order valence-electron chi connectivity index (χ2n) is 2.62. The third-order valence-electron chi connectivity index (χ3n) is 1.56. The van der Waals surface area contributed by atoms with Gasteiger partial charge >= 0.3 is 0 Å². The summed E-state index contributed by atoms with van der Waals surface area (Å²) in [4.78, 5) is 0. The summed E-state index contributed by atoms with van der Waals surface area (Å²) < 4.78 is 0. The van der Waals surface area contributed by atoms with Crippen molar-refractivity contribution in [2.24, 2.45) is 0 Å². The molecular formula is C8H19NO. The van der Waals surface area contributed by atoms with E-state index in [1.165, 1.54) is 12.8 Å². The Labute approximate surface area is 63.6 Å². The summed E-state index contributed by atoms with van der Waals surface area (Å²) >= 11 is 0. The van der Waals surface area contributed by atoms with E-state index in [1.807, 2.05) is 6.92 Å². The molecule has 0 amide bonds. The Bertz CT molecular complexity index is 66.3. The molecule has 0 aliphatic rings. The van der Waals surface area contributed by atoms with Gasteiger partial charge in [0.15, 0.2) is 0 Å². The van der Waals surface area contributed by atoms with E-state index in [9.17, 15) is 0 Å². The maximum atomic E-state index is 9.09. The largest absolute Gasteiger partial charge is 0.392 e. The first-order valence-corrected chi connectivity index (χ1v) is 4.20. The minimum Gasteiger partial charge on any atom is -0.392 e. The number of aliphatic hydroxyl groups is 1. The van der Waals surface area contributed by atoms with Gasteiger partial charge in [0.25, 0.3) is 0 Å².